The Morgan fingerprint density at radius 1 is 0.825 bits per heavy atom. The van der Waals surface area contributed by atoms with Gasteiger partial charge in [-0.1, -0.05) is 65.2 Å². The number of hydrogen-bond donors (Lipinski definition) is 3. The van der Waals surface area contributed by atoms with E-state index in [1.165, 1.54) is 58.5 Å². The van der Waals surface area contributed by atoms with E-state index in [1.807, 2.05) is 21.0 Å². The molecule has 1 aliphatic heterocycles. The second-order valence-corrected chi connectivity index (χ2v) is 13.3. The van der Waals surface area contributed by atoms with E-state index in [0.29, 0.717) is 6.54 Å². The predicted molar refractivity (Wildman–Crippen MR) is 157 cm³/mol. The summed E-state index contributed by atoms with van der Waals surface area (Å²) >= 11 is 0. The standard InChI is InChI=1S/C31H62N2O7/c1-11-12-13-14-15-16-17-18-19-20-21-33(8,9)31(4,36)24-39-28-27(34)25(2)26(40-29(28)37-10)22-38-23-30(3,35)32(5,6)7/h3-4,25-29,34-36H,11-24H2,1-2,5-10H3/q+2. The molecule has 0 bridgehead atoms. The maximum absolute atomic E-state index is 11.1. The minimum atomic E-state index is -1.66. The highest BCUT2D eigenvalue weighted by Gasteiger charge is 2.47. The minimum Gasteiger partial charge on any atom is -0.390 e. The molecule has 0 aliphatic carbocycles. The van der Waals surface area contributed by atoms with Crippen molar-refractivity contribution < 1.29 is 43.2 Å². The Hall–Kier alpha value is -0.360. The van der Waals surface area contributed by atoms with Gasteiger partial charge in [-0.05, 0) is 12.8 Å². The van der Waals surface area contributed by atoms with E-state index in [4.69, 9.17) is 32.8 Å². The molecular formula is C31H62N2O7+2. The average Bonchev–Trinajstić information content (AvgIpc) is 2.86. The van der Waals surface area contributed by atoms with Crippen LogP contribution in [0.2, 0.25) is 0 Å². The van der Waals surface area contributed by atoms with Gasteiger partial charge in [0.25, 0.3) is 0 Å². The van der Waals surface area contributed by atoms with Crippen LogP contribution in [0.15, 0.2) is 0 Å². The summed E-state index contributed by atoms with van der Waals surface area (Å²) in [5, 5.41) is 32.6. The molecule has 7 unspecified atom stereocenters. The lowest BCUT2D eigenvalue weighted by Gasteiger charge is -2.46. The third-order valence-electron chi connectivity index (χ3n) is 8.64. The quantitative estimate of drug-likeness (QED) is 0.110. The lowest BCUT2D eigenvalue weighted by atomic mass is 9.91. The van der Waals surface area contributed by atoms with Crippen LogP contribution in [0.1, 0.15) is 78.1 Å². The van der Waals surface area contributed by atoms with E-state index >= 15 is 0 Å². The summed E-state index contributed by atoms with van der Waals surface area (Å²) in [6.45, 7) is 16.9. The fraction of sp³-hybridized carbons (Fsp3) is 0.935. The molecule has 236 valence electrons. The highest BCUT2D eigenvalue weighted by atomic mass is 16.7. The van der Waals surface area contributed by atoms with Crippen LogP contribution < -0.4 is 0 Å². The Morgan fingerprint density at radius 3 is 1.85 bits per heavy atom. The number of hydrogen-bond acceptors (Lipinski definition) is 7. The minimum absolute atomic E-state index is 0.101. The van der Waals surface area contributed by atoms with Gasteiger partial charge in [0.05, 0.1) is 74.4 Å². The molecule has 1 aliphatic rings. The first-order valence-corrected chi connectivity index (χ1v) is 15.2. The molecule has 1 rings (SSSR count). The van der Waals surface area contributed by atoms with Crippen LogP contribution in [0.3, 0.4) is 0 Å². The zero-order valence-corrected chi connectivity index (χ0v) is 26.8. The van der Waals surface area contributed by atoms with Crippen molar-refractivity contribution in [3.8, 4) is 0 Å². The predicted octanol–water partition coefficient (Wildman–Crippen LogP) is 3.26. The smallest absolute Gasteiger partial charge is 0.228 e. The van der Waals surface area contributed by atoms with Gasteiger partial charge in [0.2, 0.25) is 11.4 Å². The Bertz CT molecular complexity index is 679. The first-order valence-electron chi connectivity index (χ1n) is 15.2. The zero-order chi connectivity index (χ0) is 30.6. The van der Waals surface area contributed by atoms with Gasteiger partial charge in [0.15, 0.2) is 6.29 Å². The molecule has 0 saturated carbocycles. The molecule has 1 fully saturated rings. The van der Waals surface area contributed by atoms with E-state index in [2.05, 4.69) is 6.92 Å². The second kappa shape index (κ2) is 17.1. The van der Waals surface area contributed by atoms with E-state index in [-0.39, 0.29) is 34.7 Å². The molecule has 0 aromatic rings. The van der Waals surface area contributed by atoms with Gasteiger partial charge in [0.1, 0.15) is 19.3 Å². The summed E-state index contributed by atoms with van der Waals surface area (Å²) in [5.41, 5.74) is -3.23. The van der Waals surface area contributed by atoms with Crippen LogP contribution in [-0.4, -0.2) is 129 Å². The van der Waals surface area contributed by atoms with Gasteiger partial charge in [-0.3, -0.25) is 4.48 Å². The number of aliphatic hydroxyl groups is 3. The molecule has 7 atom stereocenters. The Morgan fingerprint density at radius 2 is 1.35 bits per heavy atom. The summed E-state index contributed by atoms with van der Waals surface area (Å²) < 4.78 is 23.4. The largest absolute Gasteiger partial charge is 0.390 e. The molecule has 0 aromatic carbocycles. The van der Waals surface area contributed by atoms with Crippen LogP contribution >= 0.6 is 0 Å². The Balaban J connectivity index is 2.53. The van der Waals surface area contributed by atoms with Crippen molar-refractivity contribution in [2.75, 3.05) is 68.7 Å². The fourth-order valence-corrected chi connectivity index (χ4v) is 4.71. The van der Waals surface area contributed by atoms with Gasteiger partial charge in [0, 0.05) is 13.0 Å². The van der Waals surface area contributed by atoms with Crippen LogP contribution in [0.4, 0.5) is 0 Å². The number of methoxy groups -OCH3 is 1. The summed E-state index contributed by atoms with van der Waals surface area (Å²) in [6.07, 6.45) is 9.23. The molecule has 0 spiro atoms. The van der Waals surface area contributed by atoms with Crippen molar-refractivity contribution in [2.24, 2.45) is 5.92 Å². The van der Waals surface area contributed by atoms with Crippen molar-refractivity contribution in [1.29, 1.82) is 0 Å². The molecule has 4 radical (unpaired) electrons. The number of rotatable bonds is 21. The molecule has 40 heavy (non-hydrogen) atoms. The van der Waals surface area contributed by atoms with Crippen LogP contribution in [0, 0.1) is 19.8 Å². The molecule has 9 heteroatoms. The number of likely N-dealkylation sites (N-methyl/N-ethyl adjacent to an activating group) is 2. The first kappa shape index (κ1) is 37.7. The van der Waals surface area contributed by atoms with Gasteiger partial charge >= 0.3 is 0 Å². The highest BCUT2D eigenvalue weighted by Crippen LogP contribution is 2.30. The van der Waals surface area contributed by atoms with E-state index in [0.717, 1.165) is 12.8 Å². The Labute approximate surface area is 245 Å². The second-order valence-electron chi connectivity index (χ2n) is 13.3. The van der Waals surface area contributed by atoms with Crippen molar-refractivity contribution in [3.05, 3.63) is 13.8 Å². The molecule has 1 saturated heterocycles. The summed E-state index contributed by atoms with van der Waals surface area (Å²) in [7, 11) is 10.6. The molecule has 9 nitrogen and oxygen atoms in total. The average molecular weight is 575 g/mol. The van der Waals surface area contributed by atoms with Gasteiger partial charge in [-0.2, -0.15) is 0 Å². The monoisotopic (exact) mass is 574 g/mol. The van der Waals surface area contributed by atoms with Crippen molar-refractivity contribution in [2.45, 2.75) is 114 Å². The SMILES string of the molecule is [CH]C(O)(COCC1OC(OC)C(OCC([CH])(O)[N+](C)(C)CCCCCCCCCCCC)C(O)C1C)[N+](C)(C)C. The zero-order valence-electron chi connectivity index (χ0n) is 26.8. The van der Waals surface area contributed by atoms with E-state index in [9.17, 15) is 15.3 Å². The van der Waals surface area contributed by atoms with Crippen LogP contribution in [0.5, 0.6) is 0 Å². The van der Waals surface area contributed by atoms with E-state index < -0.39 is 36.1 Å². The van der Waals surface area contributed by atoms with Crippen molar-refractivity contribution in [1.82, 2.24) is 0 Å². The molecular weight excluding hydrogens is 512 g/mol. The third kappa shape index (κ3) is 11.7. The summed E-state index contributed by atoms with van der Waals surface area (Å²) in [4.78, 5) is 0. The maximum Gasteiger partial charge on any atom is 0.228 e. The summed E-state index contributed by atoms with van der Waals surface area (Å²) in [5.74, 6) is -0.369. The molecule has 0 amide bonds. The highest BCUT2D eigenvalue weighted by molar-refractivity contribution is 4.89. The first-order chi connectivity index (χ1) is 18.5. The molecule has 1 heterocycles. The number of aliphatic hydroxyl groups excluding tert-OH is 1. The Kier molecular flexibility index (Phi) is 16.1. The summed E-state index contributed by atoms with van der Waals surface area (Å²) in [6, 6.07) is 0. The van der Waals surface area contributed by atoms with Crippen molar-refractivity contribution >= 4 is 0 Å². The topological polar surface area (TPSA) is 97.6 Å². The van der Waals surface area contributed by atoms with Gasteiger partial charge in [-0.25, -0.2) is 0 Å². The molecule has 3 N–H and O–H groups in total. The van der Waals surface area contributed by atoms with Gasteiger partial charge < -0.3 is 38.8 Å². The van der Waals surface area contributed by atoms with Crippen molar-refractivity contribution in [3.63, 3.8) is 0 Å². The van der Waals surface area contributed by atoms with Crippen LogP contribution in [-0.2, 0) is 18.9 Å². The van der Waals surface area contributed by atoms with Gasteiger partial charge in [-0.15, -0.1) is 0 Å². The fourth-order valence-electron chi connectivity index (χ4n) is 4.71. The lowest BCUT2D eigenvalue weighted by molar-refractivity contribution is -0.960. The lowest BCUT2D eigenvalue weighted by Crippen LogP contribution is -2.63. The van der Waals surface area contributed by atoms with E-state index in [1.54, 1.807) is 21.1 Å². The number of unbranched alkanes of at least 4 members (excludes halogenated alkanes) is 9. The number of quaternary nitrogens is 2. The molecule has 0 aromatic heterocycles. The van der Waals surface area contributed by atoms with Crippen LogP contribution in [0.25, 0.3) is 0 Å². The number of nitrogens with zero attached hydrogens (tertiary/aromatic N) is 2. The normalized spacial score (nSPS) is 27.4. The number of ether oxygens (including phenoxy) is 4. The maximum atomic E-state index is 11.1. The third-order valence-corrected chi connectivity index (χ3v) is 8.64.